The number of rotatable bonds is 3. The van der Waals surface area contributed by atoms with Gasteiger partial charge in [0.25, 0.3) is 5.91 Å². The first-order valence-corrected chi connectivity index (χ1v) is 9.60. The summed E-state index contributed by atoms with van der Waals surface area (Å²) in [5.41, 5.74) is 2.56. The zero-order valence-corrected chi connectivity index (χ0v) is 16.0. The molecule has 0 radical (unpaired) electrons. The fraction of sp³-hybridized carbons (Fsp3) is 0.333. The van der Waals surface area contributed by atoms with Gasteiger partial charge in [0.2, 0.25) is 5.91 Å². The number of benzene rings is 2. The summed E-state index contributed by atoms with van der Waals surface area (Å²) in [5, 5.41) is 0.563. The molecule has 0 bridgehead atoms. The second kappa shape index (κ2) is 7.33. The van der Waals surface area contributed by atoms with Crippen LogP contribution in [0.4, 0.5) is 11.4 Å². The highest BCUT2D eigenvalue weighted by molar-refractivity contribution is 6.32. The molecule has 0 saturated carbocycles. The molecule has 0 aliphatic carbocycles. The van der Waals surface area contributed by atoms with Gasteiger partial charge in [-0.1, -0.05) is 35.9 Å². The molecule has 0 N–H and O–H groups in total. The van der Waals surface area contributed by atoms with E-state index in [-0.39, 0.29) is 24.3 Å². The molecule has 2 aliphatic rings. The summed E-state index contributed by atoms with van der Waals surface area (Å²) in [6.07, 6.45) is 0.232. The van der Waals surface area contributed by atoms with Gasteiger partial charge in [-0.15, -0.1) is 0 Å². The van der Waals surface area contributed by atoms with E-state index in [4.69, 9.17) is 11.6 Å². The minimum Gasteiger partial charge on any atom is -0.369 e. The van der Waals surface area contributed by atoms with E-state index in [0.29, 0.717) is 10.7 Å². The van der Waals surface area contributed by atoms with E-state index in [2.05, 4.69) is 21.9 Å². The van der Waals surface area contributed by atoms with Crippen LogP contribution in [0.2, 0.25) is 5.02 Å². The Balaban J connectivity index is 1.48. The van der Waals surface area contributed by atoms with Crippen molar-refractivity contribution in [2.24, 2.45) is 0 Å². The lowest BCUT2D eigenvalue weighted by molar-refractivity contribution is -0.123. The summed E-state index contributed by atoms with van der Waals surface area (Å²) >= 11 is 6.18. The van der Waals surface area contributed by atoms with Crippen molar-refractivity contribution in [1.82, 2.24) is 4.90 Å². The molecule has 2 saturated heterocycles. The smallest absolute Gasteiger partial charge is 0.251 e. The fourth-order valence-electron chi connectivity index (χ4n) is 3.92. The molecule has 1 atom stereocenters. The van der Waals surface area contributed by atoms with E-state index in [0.717, 1.165) is 31.7 Å². The van der Waals surface area contributed by atoms with Crippen LogP contribution in [0.3, 0.4) is 0 Å². The molecule has 5 nitrogen and oxygen atoms in total. The molecule has 2 aromatic carbocycles. The Hall–Kier alpha value is -2.37. The number of imide groups is 1. The van der Waals surface area contributed by atoms with E-state index >= 15 is 0 Å². The number of hydrogen-bond donors (Lipinski definition) is 0. The molecule has 6 heteroatoms. The molecule has 27 heavy (non-hydrogen) atoms. The maximum absolute atomic E-state index is 13.0. The summed E-state index contributed by atoms with van der Waals surface area (Å²) in [6, 6.07) is 15.2. The number of anilines is 2. The maximum Gasteiger partial charge on any atom is 0.251 e. The predicted molar refractivity (Wildman–Crippen MR) is 107 cm³/mol. The van der Waals surface area contributed by atoms with Crippen LogP contribution in [0.1, 0.15) is 12.0 Å². The Morgan fingerprint density at radius 2 is 1.63 bits per heavy atom. The molecule has 2 aromatic rings. The molecule has 2 heterocycles. The highest BCUT2D eigenvalue weighted by Crippen LogP contribution is 2.32. The summed E-state index contributed by atoms with van der Waals surface area (Å²) in [6.45, 7) is 5.06. The second-order valence-corrected chi connectivity index (χ2v) is 7.44. The molecule has 0 unspecified atom stereocenters. The molecule has 2 amide bonds. The number of halogens is 1. The Labute approximate surface area is 164 Å². The number of carbonyl (C=O) groups is 2. The van der Waals surface area contributed by atoms with Crippen molar-refractivity contribution >= 4 is 34.8 Å². The molecular weight excluding hydrogens is 362 g/mol. The van der Waals surface area contributed by atoms with Crippen LogP contribution in [-0.4, -0.2) is 48.9 Å². The topological polar surface area (TPSA) is 43.9 Å². The minimum atomic E-state index is -0.381. The van der Waals surface area contributed by atoms with E-state index in [1.807, 2.05) is 25.1 Å². The van der Waals surface area contributed by atoms with Gasteiger partial charge in [0.15, 0.2) is 0 Å². The average Bonchev–Trinajstić information content (AvgIpc) is 2.99. The Morgan fingerprint density at radius 1 is 0.926 bits per heavy atom. The first-order valence-electron chi connectivity index (χ1n) is 9.22. The van der Waals surface area contributed by atoms with Gasteiger partial charge < -0.3 is 4.90 Å². The van der Waals surface area contributed by atoms with Gasteiger partial charge in [0, 0.05) is 36.9 Å². The summed E-state index contributed by atoms with van der Waals surface area (Å²) in [7, 11) is 0. The van der Waals surface area contributed by atoms with Crippen molar-refractivity contribution < 1.29 is 9.59 Å². The second-order valence-electron chi connectivity index (χ2n) is 7.03. The van der Waals surface area contributed by atoms with Gasteiger partial charge in [-0.2, -0.15) is 0 Å². The zero-order valence-electron chi connectivity index (χ0n) is 15.3. The van der Waals surface area contributed by atoms with E-state index < -0.39 is 0 Å². The quantitative estimate of drug-likeness (QED) is 0.764. The maximum atomic E-state index is 13.0. The number of hydrogen-bond acceptors (Lipinski definition) is 4. The predicted octanol–water partition coefficient (Wildman–Crippen LogP) is 3.10. The number of carbonyl (C=O) groups excluding carboxylic acids is 2. The lowest BCUT2D eigenvalue weighted by Crippen LogP contribution is -2.52. The van der Waals surface area contributed by atoms with Gasteiger partial charge in [-0.3, -0.25) is 14.5 Å². The number of para-hydroxylation sites is 1. The van der Waals surface area contributed by atoms with E-state index in [9.17, 15) is 9.59 Å². The highest BCUT2D eigenvalue weighted by Gasteiger charge is 2.43. The van der Waals surface area contributed by atoms with Crippen molar-refractivity contribution in [1.29, 1.82) is 0 Å². The van der Waals surface area contributed by atoms with Crippen molar-refractivity contribution in [2.75, 3.05) is 36.0 Å². The standard InChI is InChI=1S/C21H22ClN3O2/c1-15-17(22)8-5-9-18(15)25-20(26)14-19(21(25)27)24-12-10-23(11-13-24)16-6-3-2-4-7-16/h2-9,19H,10-14H2,1H3/t19-/m1/s1. The van der Waals surface area contributed by atoms with Crippen molar-refractivity contribution in [3.63, 3.8) is 0 Å². The van der Waals surface area contributed by atoms with Crippen LogP contribution in [0.15, 0.2) is 48.5 Å². The van der Waals surface area contributed by atoms with Gasteiger partial charge in [0.1, 0.15) is 0 Å². The number of piperazine rings is 1. The molecule has 0 aromatic heterocycles. The lowest BCUT2D eigenvalue weighted by Gasteiger charge is -2.38. The van der Waals surface area contributed by atoms with Crippen molar-refractivity contribution in [3.8, 4) is 0 Å². The van der Waals surface area contributed by atoms with Crippen LogP contribution in [0, 0.1) is 6.92 Å². The minimum absolute atomic E-state index is 0.140. The van der Waals surface area contributed by atoms with Crippen molar-refractivity contribution in [3.05, 3.63) is 59.1 Å². The Morgan fingerprint density at radius 3 is 2.33 bits per heavy atom. The van der Waals surface area contributed by atoms with E-state index in [1.54, 1.807) is 18.2 Å². The van der Waals surface area contributed by atoms with Crippen LogP contribution in [0.5, 0.6) is 0 Å². The normalized spacial score (nSPS) is 21.2. The summed E-state index contributed by atoms with van der Waals surface area (Å²) in [4.78, 5) is 31.4. The molecule has 140 valence electrons. The molecule has 4 rings (SSSR count). The SMILES string of the molecule is Cc1c(Cl)cccc1N1C(=O)C[C@@H](N2CCN(c3ccccc3)CC2)C1=O. The molecule has 2 aliphatic heterocycles. The van der Waals surface area contributed by atoms with Crippen LogP contribution in [-0.2, 0) is 9.59 Å². The first-order chi connectivity index (χ1) is 13.1. The average molecular weight is 384 g/mol. The monoisotopic (exact) mass is 383 g/mol. The van der Waals surface area contributed by atoms with Crippen LogP contribution < -0.4 is 9.80 Å². The lowest BCUT2D eigenvalue weighted by atomic mass is 10.1. The van der Waals surface area contributed by atoms with Crippen molar-refractivity contribution in [2.45, 2.75) is 19.4 Å². The van der Waals surface area contributed by atoms with Crippen LogP contribution in [0.25, 0.3) is 0 Å². The molecule has 0 spiro atoms. The fourth-order valence-corrected chi connectivity index (χ4v) is 4.09. The van der Waals surface area contributed by atoms with Gasteiger partial charge in [-0.05, 0) is 36.8 Å². The third-order valence-electron chi connectivity index (χ3n) is 5.48. The molecule has 2 fully saturated rings. The van der Waals surface area contributed by atoms with Gasteiger partial charge in [-0.25, -0.2) is 4.90 Å². The van der Waals surface area contributed by atoms with Crippen LogP contribution >= 0.6 is 11.6 Å². The number of nitrogens with zero attached hydrogens (tertiary/aromatic N) is 3. The van der Waals surface area contributed by atoms with Gasteiger partial charge in [0.05, 0.1) is 18.2 Å². The summed E-state index contributed by atoms with van der Waals surface area (Å²) < 4.78 is 0. The highest BCUT2D eigenvalue weighted by atomic mass is 35.5. The Bertz CT molecular complexity index is 863. The zero-order chi connectivity index (χ0) is 19.0. The van der Waals surface area contributed by atoms with Gasteiger partial charge >= 0.3 is 0 Å². The third-order valence-corrected chi connectivity index (χ3v) is 5.89. The Kier molecular flexibility index (Phi) is 4.89. The third kappa shape index (κ3) is 3.33. The largest absolute Gasteiger partial charge is 0.369 e. The molecular formula is C21H22ClN3O2. The number of amides is 2. The summed E-state index contributed by atoms with van der Waals surface area (Å²) in [5.74, 6) is -0.292. The first kappa shape index (κ1) is 18.0. The van der Waals surface area contributed by atoms with E-state index in [1.165, 1.54) is 10.6 Å².